The fraction of sp³-hybridized carbons (Fsp3) is 0.273. The van der Waals surface area contributed by atoms with Gasteiger partial charge in [-0.1, -0.05) is 24.0 Å². The first-order valence-electron chi connectivity index (χ1n) is 9.54. The van der Waals surface area contributed by atoms with E-state index in [0.717, 1.165) is 0 Å². The first-order chi connectivity index (χ1) is 14.4. The van der Waals surface area contributed by atoms with Crippen molar-refractivity contribution in [3.63, 3.8) is 0 Å². The molecule has 3 heterocycles. The van der Waals surface area contributed by atoms with Crippen LogP contribution in [0.3, 0.4) is 0 Å². The zero-order valence-electron chi connectivity index (χ0n) is 16.6. The molecule has 1 aromatic carbocycles. The summed E-state index contributed by atoms with van der Waals surface area (Å²) in [5, 5.41) is 10.5. The molecule has 0 bridgehead atoms. The van der Waals surface area contributed by atoms with Crippen LogP contribution in [0.2, 0.25) is 0 Å². The summed E-state index contributed by atoms with van der Waals surface area (Å²) in [6, 6.07) is 8.78. The number of aliphatic hydroxyl groups is 1. The first kappa shape index (κ1) is 19.6. The number of ether oxygens (including phenoxy) is 1. The van der Waals surface area contributed by atoms with E-state index in [2.05, 4.69) is 21.8 Å². The van der Waals surface area contributed by atoms with E-state index < -0.39 is 17.5 Å². The van der Waals surface area contributed by atoms with E-state index in [0.29, 0.717) is 29.1 Å². The largest absolute Gasteiger partial charge is 0.461 e. The number of carbonyl (C=O) groups excluding carboxylic acids is 2. The molecule has 8 nitrogen and oxygen atoms in total. The number of benzene rings is 1. The van der Waals surface area contributed by atoms with Crippen molar-refractivity contribution in [2.24, 2.45) is 0 Å². The molecule has 1 fully saturated rings. The molecule has 8 heteroatoms. The molecule has 0 unspecified atom stereocenters. The monoisotopic (exact) mass is 404 g/mol. The van der Waals surface area contributed by atoms with Gasteiger partial charge >= 0.3 is 5.97 Å². The predicted octanol–water partition coefficient (Wildman–Crippen LogP) is 1.52. The predicted molar refractivity (Wildman–Crippen MR) is 108 cm³/mol. The number of likely N-dealkylation sites (N-methyl/N-ethyl adjacent to an activating group) is 1. The maximum absolute atomic E-state index is 12.2. The minimum Gasteiger partial charge on any atom is -0.461 e. The van der Waals surface area contributed by atoms with Crippen LogP contribution in [-0.2, 0) is 9.53 Å². The maximum atomic E-state index is 12.2. The van der Waals surface area contributed by atoms with Crippen molar-refractivity contribution in [1.82, 2.24) is 19.3 Å². The Balaban J connectivity index is 1.74. The second kappa shape index (κ2) is 7.61. The van der Waals surface area contributed by atoms with Crippen LogP contribution in [-0.4, -0.2) is 62.1 Å². The Hall–Kier alpha value is -3.70. The molecule has 1 saturated heterocycles. The molecule has 0 spiro atoms. The van der Waals surface area contributed by atoms with Gasteiger partial charge in [0.2, 0.25) is 5.60 Å². The highest BCUT2D eigenvalue weighted by molar-refractivity contribution is 5.90. The first-order valence-corrected chi connectivity index (χ1v) is 9.54. The Kier molecular flexibility index (Phi) is 4.98. The molecule has 1 amide bonds. The average molecular weight is 404 g/mol. The summed E-state index contributed by atoms with van der Waals surface area (Å²) >= 11 is 0. The number of amides is 1. The van der Waals surface area contributed by atoms with Crippen LogP contribution < -0.4 is 0 Å². The highest BCUT2D eigenvalue weighted by Crippen LogP contribution is 2.23. The number of carbonyl (C=O) groups is 2. The number of esters is 1. The van der Waals surface area contributed by atoms with Crippen LogP contribution in [0.25, 0.3) is 17.0 Å². The topological polar surface area (TPSA) is 97.0 Å². The van der Waals surface area contributed by atoms with Crippen molar-refractivity contribution < 1.29 is 19.4 Å². The van der Waals surface area contributed by atoms with Crippen LogP contribution in [0.4, 0.5) is 0 Å². The number of rotatable bonds is 3. The van der Waals surface area contributed by atoms with E-state index in [4.69, 9.17) is 4.74 Å². The molecule has 2 aromatic heterocycles. The Labute approximate surface area is 173 Å². The fourth-order valence-corrected chi connectivity index (χ4v) is 3.32. The summed E-state index contributed by atoms with van der Waals surface area (Å²) < 4.78 is 6.83. The third kappa shape index (κ3) is 3.51. The van der Waals surface area contributed by atoms with Gasteiger partial charge in [-0.2, -0.15) is 0 Å². The smallest absolute Gasteiger partial charge is 0.357 e. The standard InChI is InChI=1S/C22H20N4O4/c1-3-30-20(27)17-14-18-23-10-12-26(18)19(24-17)16-6-4-5-15(13-16)7-8-22(29)9-11-25(2)21(22)28/h4-6,10,12-14,29H,3,9,11H2,1-2H3/t22-/m0/s1. The van der Waals surface area contributed by atoms with E-state index in [-0.39, 0.29) is 18.7 Å². The molecular weight excluding hydrogens is 384 g/mol. The number of aromatic nitrogens is 3. The molecular formula is C22H20N4O4. The lowest BCUT2D eigenvalue weighted by Gasteiger charge is -2.13. The van der Waals surface area contributed by atoms with E-state index in [1.165, 1.54) is 4.90 Å². The van der Waals surface area contributed by atoms with Gasteiger partial charge in [0.1, 0.15) is 11.5 Å². The molecule has 1 N–H and O–H groups in total. The van der Waals surface area contributed by atoms with Crippen molar-refractivity contribution in [2.75, 3.05) is 20.2 Å². The van der Waals surface area contributed by atoms with E-state index in [1.54, 1.807) is 55.0 Å². The van der Waals surface area contributed by atoms with Crippen LogP contribution in [0.1, 0.15) is 29.4 Å². The Bertz CT molecular complexity index is 1210. The fourth-order valence-electron chi connectivity index (χ4n) is 3.32. The number of hydrogen-bond donors (Lipinski definition) is 1. The summed E-state index contributed by atoms with van der Waals surface area (Å²) in [5.74, 6) is 5.20. The SMILES string of the molecule is CCOC(=O)c1cc2nccn2c(-c2cccc(C#C[C@]3(O)CCN(C)C3=O)c2)n1. The van der Waals surface area contributed by atoms with Gasteiger partial charge in [0.05, 0.1) is 6.61 Å². The Morgan fingerprint density at radius 3 is 2.93 bits per heavy atom. The summed E-state index contributed by atoms with van der Waals surface area (Å²) in [6.07, 6.45) is 3.64. The highest BCUT2D eigenvalue weighted by atomic mass is 16.5. The van der Waals surface area contributed by atoms with Crippen LogP contribution in [0.15, 0.2) is 42.7 Å². The van der Waals surface area contributed by atoms with Gasteiger partial charge in [-0.3, -0.25) is 9.20 Å². The second-order valence-corrected chi connectivity index (χ2v) is 7.01. The Morgan fingerprint density at radius 2 is 2.20 bits per heavy atom. The van der Waals surface area contributed by atoms with E-state index in [1.807, 2.05) is 6.07 Å². The molecule has 1 atom stereocenters. The Morgan fingerprint density at radius 1 is 1.37 bits per heavy atom. The normalized spacial score (nSPS) is 18.4. The summed E-state index contributed by atoms with van der Waals surface area (Å²) in [5.41, 5.74) is 0.381. The average Bonchev–Trinajstić information content (AvgIpc) is 3.33. The summed E-state index contributed by atoms with van der Waals surface area (Å²) in [7, 11) is 1.64. The molecule has 0 aliphatic carbocycles. The summed E-state index contributed by atoms with van der Waals surface area (Å²) in [4.78, 5) is 34.5. The van der Waals surface area contributed by atoms with E-state index in [9.17, 15) is 14.7 Å². The van der Waals surface area contributed by atoms with Crippen molar-refractivity contribution in [3.05, 3.63) is 54.0 Å². The van der Waals surface area contributed by atoms with Crippen molar-refractivity contribution in [2.45, 2.75) is 18.9 Å². The van der Waals surface area contributed by atoms with Gasteiger partial charge in [-0.05, 0) is 19.1 Å². The minimum atomic E-state index is -1.66. The number of imidazole rings is 1. The van der Waals surface area contributed by atoms with Gasteiger partial charge in [0.25, 0.3) is 5.91 Å². The molecule has 4 rings (SSSR count). The number of fused-ring (bicyclic) bond motifs is 1. The number of likely N-dealkylation sites (tertiary alicyclic amines) is 1. The van der Waals surface area contributed by atoms with Gasteiger partial charge in [0, 0.05) is 49.6 Å². The van der Waals surface area contributed by atoms with Crippen LogP contribution in [0.5, 0.6) is 0 Å². The van der Waals surface area contributed by atoms with Crippen molar-refractivity contribution >= 4 is 17.5 Å². The van der Waals surface area contributed by atoms with Gasteiger partial charge in [-0.15, -0.1) is 0 Å². The number of hydrogen-bond acceptors (Lipinski definition) is 6. The van der Waals surface area contributed by atoms with Crippen LogP contribution >= 0.6 is 0 Å². The second-order valence-electron chi connectivity index (χ2n) is 7.01. The molecule has 1 aliphatic heterocycles. The zero-order valence-corrected chi connectivity index (χ0v) is 16.6. The van der Waals surface area contributed by atoms with Crippen molar-refractivity contribution in [1.29, 1.82) is 0 Å². The maximum Gasteiger partial charge on any atom is 0.357 e. The lowest BCUT2D eigenvalue weighted by molar-refractivity contribution is -0.137. The molecule has 3 aromatic rings. The molecule has 0 radical (unpaired) electrons. The zero-order chi connectivity index (χ0) is 21.3. The van der Waals surface area contributed by atoms with Gasteiger partial charge in [-0.25, -0.2) is 14.8 Å². The van der Waals surface area contributed by atoms with Crippen molar-refractivity contribution in [3.8, 4) is 23.2 Å². The highest BCUT2D eigenvalue weighted by Gasteiger charge is 2.42. The molecule has 1 aliphatic rings. The summed E-state index contributed by atoms with van der Waals surface area (Å²) in [6.45, 7) is 2.44. The third-order valence-corrected chi connectivity index (χ3v) is 4.92. The molecule has 152 valence electrons. The lowest BCUT2D eigenvalue weighted by Crippen LogP contribution is -2.37. The lowest BCUT2D eigenvalue weighted by atomic mass is 10.0. The quantitative estimate of drug-likeness (QED) is 0.525. The number of nitrogens with zero attached hydrogens (tertiary/aromatic N) is 4. The third-order valence-electron chi connectivity index (χ3n) is 4.92. The minimum absolute atomic E-state index is 0.163. The van der Waals surface area contributed by atoms with Gasteiger partial charge < -0.3 is 14.7 Å². The van der Waals surface area contributed by atoms with Gasteiger partial charge in [0.15, 0.2) is 5.69 Å². The molecule has 0 saturated carbocycles. The van der Waals surface area contributed by atoms with E-state index >= 15 is 0 Å². The molecule has 30 heavy (non-hydrogen) atoms. The van der Waals surface area contributed by atoms with Crippen LogP contribution in [0, 0.1) is 11.8 Å².